The van der Waals surface area contributed by atoms with Gasteiger partial charge in [0.2, 0.25) is 0 Å². The van der Waals surface area contributed by atoms with Crippen LogP contribution in [0.5, 0.6) is 0 Å². The number of aliphatic hydroxyl groups is 1. The van der Waals surface area contributed by atoms with Gasteiger partial charge in [0.05, 0.1) is 17.6 Å². The molecule has 0 spiro atoms. The highest BCUT2D eigenvalue weighted by Crippen LogP contribution is 2.66. The molecule has 3 heterocycles. The van der Waals surface area contributed by atoms with Gasteiger partial charge in [-0.3, -0.25) is 0 Å². The first-order chi connectivity index (χ1) is 12.1. The van der Waals surface area contributed by atoms with E-state index in [-0.39, 0.29) is 17.6 Å². The second-order valence-electron chi connectivity index (χ2n) is 8.51. The maximum Gasteiger partial charge on any atom is 0.334 e. The highest BCUT2D eigenvalue weighted by atomic mass is 16.6. The van der Waals surface area contributed by atoms with Crippen LogP contribution in [-0.2, 0) is 23.8 Å². The lowest BCUT2D eigenvalue weighted by molar-refractivity contribution is -0.202. The Balaban J connectivity index is 1.81. The topological polar surface area (TPSA) is 82.1 Å². The Morgan fingerprint density at radius 2 is 2.12 bits per heavy atom. The first kappa shape index (κ1) is 17.7. The van der Waals surface area contributed by atoms with E-state index in [0.717, 1.165) is 12.8 Å². The van der Waals surface area contributed by atoms with Gasteiger partial charge in [0, 0.05) is 22.5 Å². The minimum atomic E-state index is -0.884. The van der Waals surface area contributed by atoms with E-state index >= 15 is 0 Å². The maximum atomic E-state index is 12.6. The van der Waals surface area contributed by atoms with Crippen LogP contribution in [0.15, 0.2) is 23.8 Å². The number of fused-ring (bicyclic) bond motifs is 6. The third-order valence-electron chi connectivity index (χ3n) is 7.23. The van der Waals surface area contributed by atoms with Crippen LogP contribution in [0.4, 0.5) is 0 Å². The fourth-order valence-corrected chi connectivity index (χ4v) is 5.75. The van der Waals surface area contributed by atoms with E-state index in [0.29, 0.717) is 5.57 Å². The van der Waals surface area contributed by atoms with Crippen molar-refractivity contribution in [2.75, 3.05) is 0 Å². The van der Waals surface area contributed by atoms with Crippen molar-refractivity contribution in [3.8, 4) is 0 Å². The normalized spacial score (nSPS) is 49.7. The smallest absolute Gasteiger partial charge is 0.334 e. The molecule has 0 aromatic rings. The lowest BCUT2D eigenvalue weighted by Crippen LogP contribution is -2.65. The quantitative estimate of drug-likeness (QED) is 0.597. The van der Waals surface area contributed by atoms with Crippen molar-refractivity contribution in [2.24, 2.45) is 17.3 Å². The van der Waals surface area contributed by atoms with Gasteiger partial charge in [-0.1, -0.05) is 19.6 Å². The number of carbonyl (C=O) groups is 2. The van der Waals surface area contributed by atoms with Crippen LogP contribution in [0.25, 0.3) is 0 Å². The molecule has 8 atom stereocenters. The first-order valence-corrected chi connectivity index (χ1v) is 9.24. The van der Waals surface area contributed by atoms with E-state index in [9.17, 15) is 14.7 Å². The van der Waals surface area contributed by atoms with Crippen LogP contribution in [0.1, 0.15) is 40.5 Å². The number of rotatable bonds is 2. The molecule has 3 saturated heterocycles. The second kappa shape index (κ2) is 5.42. The van der Waals surface area contributed by atoms with Gasteiger partial charge in [0.15, 0.2) is 0 Å². The summed E-state index contributed by atoms with van der Waals surface area (Å²) in [6.07, 6.45) is 0.953. The Hall–Kier alpha value is -1.66. The maximum absolute atomic E-state index is 12.6. The van der Waals surface area contributed by atoms with Crippen LogP contribution < -0.4 is 0 Å². The van der Waals surface area contributed by atoms with Crippen LogP contribution in [0.3, 0.4) is 0 Å². The predicted octanol–water partition coefficient (Wildman–Crippen LogP) is 1.91. The van der Waals surface area contributed by atoms with E-state index < -0.39 is 47.2 Å². The zero-order chi connectivity index (χ0) is 19.0. The number of esters is 2. The molecule has 1 saturated carbocycles. The number of aliphatic hydroxyl groups excluding tert-OH is 1. The summed E-state index contributed by atoms with van der Waals surface area (Å²) in [5.41, 5.74) is -0.391. The number of hydrogen-bond acceptors (Lipinski definition) is 6. The molecule has 6 heteroatoms. The predicted molar refractivity (Wildman–Crippen MR) is 91.9 cm³/mol. The van der Waals surface area contributed by atoms with Crippen molar-refractivity contribution in [1.82, 2.24) is 0 Å². The summed E-state index contributed by atoms with van der Waals surface area (Å²) >= 11 is 0. The van der Waals surface area contributed by atoms with Crippen molar-refractivity contribution in [3.63, 3.8) is 0 Å². The van der Waals surface area contributed by atoms with E-state index in [1.54, 1.807) is 19.9 Å². The van der Waals surface area contributed by atoms with E-state index in [2.05, 4.69) is 6.58 Å². The second-order valence-corrected chi connectivity index (χ2v) is 8.51. The Bertz CT molecular complexity index is 726. The third kappa shape index (κ3) is 2.00. The van der Waals surface area contributed by atoms with Crippen LogP contribution in [-0.4, -0.2) is 47.1 Å². The molecule has 0 aromatic heterocycles. The van der Waals surface area contributed by atoms with E-state index in [1.807, 2.05) is 13.8 Å². The van der Waals surface area contributed by atoms with Crippen LogP contribution in [0.2, 0.25) is 0 Å². The molecule has 4 aliphatic rings. The van der Waals surface area contributed by atoms with Crippen molar-refractivity contribution < 1.29 is 28.9 Å². The summed E-state index contributed by atoms with van der Waals surface area (Å²) in [5.74, 6) is -1.73. The Morgan fingerprint density at radius 3 is 2.77 bits per heavy atom. The lowest BCUT2D eigenvalue weighted by atomic mass is 9.51. The monoisotopic (exact) mass is 362 g/mol. The first-order valence-electron chi connectivity index (χ1n) is 9.24. The molecule has 6 nitrogen and oxygen atoms in total. The molecule has 26 heavy (non-hydrogen) atoms. The average molecular weight is 362 g/mol. The summed E-state index contributed by atoms with van der Waals surface area (Å²) in [6.45, 7) is 11.3. The van der Waals surface area contributed by atoms with Crippen molar-refractivity contribution >= 4 is 11.9 Å². The molecule has 0 aromatic carbocycles. The van der Waals surface area contributed by atoms with Gasteiger partial charge in [0.25, 0.3) is 0 Å². The largest absolute Gasteiger partial charge is 0.458 e. The highest BCUT2D eigenvalue weighted by Gasteiger charge is 2.75. The standard InChI is InChI=1S/C20H26O6/c1-6-9(2)17(22)24-13-12-10(3)18(23)25-14(12)16(21)20(5)11-7-8-19(4,26-11)15(13)20/h6,11-16,21H,3,7-8H2,1-2,4-5H3. The zero-order valence-electron chi connectivity index (χ0n) is 15.7. The van der Waals surface area contributed by atoms with Gasteiger partial charge >= 0.3 is 11.9 Å². The molecule has 4 rings (SSSR count). The summed E-state index contributed by atoms with van der Waals surface area (Å²) < 4.78 is 17.7. The van der Waals surface area contributed by atoms with E-state index in [1.165, 1.54) is 0 Å². The lowest BCUT2D eigenvalue weighted by Gasteiger charge is -2.54. The molecule has 3 aliphatic heterocycles. The highest BCUT2D eigenvalue weighted by molar-refractivity contribution is 5.92. The average Bonchev–Trinajstić information content (AvgIpc) is 3.20. The number of carbonyl (C=O) groups excluding carboxylic acids is 2. The summed E-state index contributed by atoms with van der Waals surface area (Å²) in [6, 6.07) is 0. The fourth-order valence-electron chi connectivity index (χ4n) is 5.75. The van der Waals surface area contributed by atoms with Gasteiger partial charge < -0.3 is 19.3 Å². The minimum Gasteiger partial charge on any atom is -0.458 e. The molecular weight excluding hydrogens is 336 g/mol. The Kier molecular flexibility index (Phi) is 3.70. The Morgan fingerprint density at radius 1 is 1.42 bits per heavy atom. The van der Waals surface area contributed by atoms with Gasteiger partial charge in [-0.25, -0.2) is 9.59 Å². The molecule has 0 amide bonds. The van der Waals surface area contributed by atoms with Gasteiger partial charge in [-0.2, -0.15) is 0 Å². The fraction of sp³-hybridized carbons (Fsp3) is 0.700. The molecule has 2 bridgehead atoms. The van der Waals surface area contributed by atoms with Crippen LogP contribution in [0, 0.1) is 17.3 Å². The van der Waals surface area contributed by atoms with Gasteiger partial charge in [-0.15, -0.1) is 0 Å². The zero-order valence-corrected chi connectivity index (χ0v) is 15.7. The van der Waals surface area contributed by atoms with Crippen molar-refractivity contribution in [3.05, 3.63) is 23.8 Å². The van der Waals surface area contributed by atoms with Gasteiger partial charge in [0.1, 0.15) is 18.3 Å². The van der Waals surface area contributed by atoms with Gasteiger partial charge in [-0.05, 0) is 33.6 Å². The minimum absolute atomic E-state index is 0.148. The van der Waals surface area contributed by atoms with Crippen molar-refractivity contribution in [1.29, 1.82) is 0 Å². The van der Waals surface area contributed by atoms with Crippen molar-refractivity contribution in [2.45, 2.75) is 70.6 Å². The molecule has 4 fully saturated rings. The SMILES string of the molecule is C=C1C(=O)OC2C1C(OC(=O)C(C)=CC)C1C3(C)CCC(O3)C1(C)C2O. The molecule has 1 aliphatic carbocycles. The van der Waals surface area contributed by atoms with E-state index in [4.69, 9.17) is 14.2 Å². The summed E-state index contributed by atoms with van der Waals surface area (Å²) in [5, 5.41) is 11.1. The van der Waals surface area contributed by atoms with Crippen LogP contribution >= 0.6 is 0 Å². The number of ether oxygens (including phenoxy) is 3. The summed E-state index contributed by atoms with van der Waals surface area (Å²) in [4.78, 5) is 24.7. The molecule has 142 valence electrons. The molecule has 1 N–H and O–H groups in total. The molecule has 0 radical (unpaired) electrons. The number of hydrogen-bond donors (Lipinski definition) is 1. The third-order valence-corrected chi connectivity index (χ3v) is 7.23. The molecule has 8 unspecified atom stereocenters. The Labute approximate surface area is 153 Å². The summed E-state index contributed by atoms with van der Waals surface area (Å²) in [7, 11) is 0. The number of allylic oxidation sites excluding steroid dienone is 1. The molecular formula is C20H26O6.